The van der Waals surface area contributed by atoms with E-state index in [0.717, 1.165) is 11.1 Å². The van der Waals surface area contributed by atoms with Gasteiger partial charge in [-0.05, 0) is 36.6 Å². The highest BCUT2D eigenvalue weighted by molar-refractivity contribution is 7.89. The van der Waals surface area contributed by atoms with Gasteiger partial charge in [-0.3, -0.25) is 0 Å². The van der Waals surface area contributed by atoms with Crippen molar-refractivity contribution in [1.82, 2.24) is 4.31 Å². The molecule has 1 saturated heterocycles. The Hall–Kier alpha value is -1.69. The van der Waals surface area contributed by atoms with Gasteiger partial charge in [0.1, 0.15) is 0 Å². The number of benzene rings is 2. The molecule has 5 heteroatoms. The van der Waals surface area contributed by atoms with E-state index in [2.05, 4.69) is 0 Å². The second-order valence-electron chi connectivity index (χ2n) is 5.85. The first kappa shape index (κ1) is 16.2. The molecule has 2 aromatic carbocycles. The number of hydrogen-bond acceptors (Lipinski definition) is 3. The zero-order valence-electron chi connectivity index (χ0n) is 13.2. The fraction of sp³-hybridized carbons (Fsp3) is 0.333. The number of hydrogen-bond donors (Lipinski definition) is 0. The SMILES string of the molecule is Cc1cccc(S(=O)(=O)N2CCOCC2Cc2ccccc2)c1. The molecule has 0 bridgehead atoms. The van der Waals surface area contributed by atoms with Crippen LogP contribution in [0.4, 0.5) is 0 Å². The summed E-state index contributed by atoms with van der Waals surface area (Å²) in [7, 11) is -3.50. The highest BCUT2D eigenvalue weighted by Gasteiger charge is 2.34. The molecule has 1 unspecified atom stereocenters. The van der Waals surface area contributed by atoms with Crippen LogP contribution in [0, 0.1) is 6.92 Å². The Balaban J connectivity index is 1.88. The summed E-state index contributed by atoms with van der Waals surface area (Å²) in [5.41, 5.74) is 2.06. The zero-order chi connectivity index (χ0) is 16.3. The third-order valence-corrected chi connectivity index (χ3v) is 6.03. The molecule has 1 fully saturated rings. The van der Waals surface area contributed by atoms with Crippen LogP contribution >= 0.6 is 0 Å². The topological polar surface area (TPSA) is 46.6 Å². The molecule has 1 atom stereocenters. The van der Waals surface area contributed by atoms with Crippen molar-refractivity contribution < 1.29 is 13.2 Å². The summed E-state index contributed by atoms with van der Waals surface area (Å²) in [6.45, 7) is 3.17. The van der Waals surface area contributed by atoms with Crippen molar-refractivity contribution in [1.29, 1.82) is 0 Å². The van der Waals surface area contributed by atoms with Crippen molar-refractivity contribution in [2.45, 2.75) is 24.3 Å². The third kappa shape index (κ3) is 3.63. The predicted molar refractivity (Wildman–Crippen MR) is 89.8 cm³/mol. The van der Waals surface area contributed by atoms with Crippen molar-refractivity contribution in [3.8, 4) is 0 Å². The first-order valence-corrected chi connectivity index (χ1v) is 9.21. The summed E-state index contributed by atoms with van der Waals surface area (Å²) in [6.07, 6.45) is 0.659. The van der Waals surface area contributed by atoms with Gasteiger partial charge in [0.15, 0.2) is 0 Å². The Morgan fingerprint density at radius 3 is 2.65 bits per heavy atom. The lowest BCUT2D eigenvalue weighted by Crippen LogP contribution is -2.49. The predicted octanol–water partition coefficient (Wildman–Crippen LogP) is 2.63. The van der Waals surface area contributed by atoms with Crippen LogP contribution in [0.3, 0.4) is 0 Å². The molecular formula is C18H21NO3S. The molecule has 23 heavy (non-hydrogen) atoms. The molecule has 1 aliphatic heterocycles. The van der Waals surface area contributed by atoms with Crippen LogP contribution in [0.25, 0.3) is 0 Å². The fourth-order valence-electron chi connectivity index (χ4n) is 2.91. The molecule has 0 saturated carbocycles. The normalized spacial score (nSPS) is 19.6. The summed E-state index contributed by atoms with van der Waals surface area (Å²) >= 11 is 0. The van der Waals surface area contributed by atoms with Crippen LogP contribution in [0.1, 0.15) is 11.1 Å². The Kier molecular flexibility index (Phi) is 4.80. The maximum Gasteiger partial charge on any atom is 0.243 e. The average Bonchev–Trinajstić information content (AvgIpc) is 2.56. The molecule has 0 N–H and O–H groups in total. The second kappa shape index (κ2) is 6.83. The molecule has 3 rings (SSSR count). The van der Waals surface area contributed by atoms with Crippen LogP contribution in [0.5, 0.6) is 0 Å². The standard InChI is InChI=1S/C18H21NO3S/c1-15-6-5-9-18(12-15)23(20,21)19-10-11-22-14-17(19)13-16-7-3-2-4-8-16/h2-9,12,17H,10-11,13-14H2,1H3. The van der Waals surface area contributed by atoms with Crippen LogP contribution in [0.2, 0.25) is 0 Å². The van der Waals surface area contributed by atoms with E-state index in [1.54, 1.807) is 22.5 Å². The van der Waals surface area contributed by atoms with Gasteiger partial charge >= 0.3 is 0 Å². The van der Waals surface area contributed by atoms with E-state index in [1.165, 1.54) is 0 Å². The number of ether oxygens (including phenoxy) is 1. The average molecular weight is 331 g/mol. The number of rotatable bonds is 4. The molecule has 0 aromatic heterocycles. The Morgan fingerprint density at radius 1 is 1.13 bits per heavy atom. The monoisotopic (exact) mass is 331 g/mol. The summed E-state index contributed by atoms with van der Waals surface area (Å²) < 4.78 is 33.1. The molecule has 122 valence electrons. The van der Waals surface area contributed by atoms with Gasteiger partial charge < -0.3 is 4.74 Å². The first-order valence-electron chi connectivity index (χ1n) is 7.77. The zero-order valence-corrected chi connectivity index (χ0v) is 14.0. The molecule has 4 nitrogen and oxygen atoms in total. The summed E-state index contributed by atoms with van der Waals surface area (Å²) in [4.78, 5) is 0.359. The molecular weight excluding hydrogens is 310 g/mol. The minimum absolute atomic E-state index is 0.170. The minimum Gasteiger partial charge on any atom is -0.378 e. The minimum atomic E-state index is -3.50. The van der Waals surface area contributed by atoms with Crippen molar-refractivity contribution in [2.24, 2.45) is 0 Å². The van der Waals surface area contributed by atoms with Gasteiger partial charge in [0.05, 0.1) is 24.2 Å². The number of aryl methyl sites for hydroxylation is 1. The number of morpholine rings is 1. The van der Waals surface area contributed by atoms with Crippen molar-refractivity contribution in [2.75, 3.05) is 19.8 Å². The summed E-state index contributed by atoms with van der Waals surface area (Å²) in [5.74, 6) is 0. The smallest absolute Gasteiger partial charge is 0.243 e. The second-order valence-corrected chi connectivity index (χ2v) is 7.74. The first-order chi connectivity index (χ1) is 11.1. The molecule has 0 spiro atoms. The molecule has 0 amide bonds. The van der Waals surface area contributed by atoms with Gasteiger partial charge in [0.2, 0.25) is 10.0 Å². The Morgan fingerprint density at radius 2 is 1.91 bits per heavy atom. The van der Waals surface area contributed by atoms with Gasteiger partial charge in [-0.25, -0.2) is 8.42 Å². The van der Waals surface area contributed by atoms with E-state index >= 15 is 0 Å². The lowest BCUT2D eigenvalue weighted by atomic mass is 10.1. The highest BCUT2D eigenvalue weighted by Crippen LogP contribution is 2.23. The van der Waals surface area contributed by atoms with Crippen molar-refractivity contribution >= 4 is 10.0 Å². The lowest BCUT2D eigenvalue weighted by Gasteiger charge is -2.34. The lowest BCUT2D eigenvalue weighted by molar-refractivity contribution is 0.0328. The summed E-state index contributed by atoms with van der Waals surface area (Å²) in [6, 6.07) is 16.9. The molecule has 0 radical (unpaired) electrons. The Labute approximate surface area is 137 Å². The summed E-state index contributed by atoms with van der Waals surface area (Å²) in [5, 5.41) is 0. The van der Waals surface area contributed by atoms with Crippen LogP contribution in [-0.2, 0) is 21.2 Å². The largest absolute Gasteiger partial charge is 0.378 e. The fourth-order valence-corrected chi connectivity index (χ4v) is 4.61. The van der Waals surface area contributed by atoms with Gasteiger partial charge in [0, 0.05) is 6.54 Å². The van der Waals surface area contributed by atoms with E-state index in [9.17, 15) is 8.42 Å². The Bertz CT molecular complexity index is 759. The maximum atomic E-state index is 13.0. The van der Waals surface area contributed by atoms with Gasteiger partial charge in [-0.2, -0.15) is 4.31 Å². The van der Waals surface area contributed by atoms with Crippen LogP contribution < -0.4 is 0 Å². The maximum absolute atomic E-state index is 13.0. The van der Waals surface area contributed by atoms with E-state index in [0.29, 0.717) is 31.1 Å². The number of sulfonamides is 1. The van der Waals surface area contributed by atoms with Crippen LogP contribution in [0.15, 0.2) is 59.5 Å². The molecule has 1 heterocycles. The molecule has 0 aliphatic carbocycles. The third-order valence-electron chi connectivity index (χ3n) is 4.08. The van der Waals surface area contributed by atoms with Crippen LogP contribution in [-0.4, -0.2) is 38.5 Å². The van der Waals surface area contributed by atoms with E-state index < -0.39 is 10.0 Å². The van der Waals surface area contributed by atoms with Gasteiger partial charge in [-0.15, -0.1) is 0 Å². The number of nitrogens with zero attached hydrogens (tertiary/aromatic N) is 1. The quantitative estimate of drug-likeness (QED) is 0.865. The van der Waals surface area contributed by atoms with E-state index in [4.69, 9.17) is 4.74 Å². The van der Waals surface area contributed by atoms with Crippen molar-refractivity contribution in [3.05, 3.63) is 65.7 Å². The van der Waals surface area contributed by atoms with E-state index in [-0.39, 0.29) is 6.04 Å². The van der Waals surface area contributed by atoms with Crippen molar-refractivity contribution in [3.63, 3.8) is 0 Å². The van der Waals surface area contributed by atoms with E-state index in [1.807, 2.05) is 43.3 Å². The van der Waals surface area contributed by atoms with Gasteiger partial charge in [-0.1, -0.05) is 42.5 Å². The molecule has 1 aliphatic rings. The van der Waals surface area contributed by atoms with Gasteiger partial charge in [0.25, 0.3) is 0 Å². The highest BCUT2D eigenvalue weighted by atomic mass is 32.2. The molecule has 2 aromatic rings.